The van der Waals surface area contributed by atoms with E-state index >= 15 is 0 Å². The highest BCUT2D eigenvalue weighted by atomic mass is 32.2. The Labute approximate surface area is 142 Å². The number of para-hydroxylation sites is 1. The lowest BCUT2D eigenvalue weighted by atomic mass is 10.1. The third kappa shape index (κ3) is 4.85. The molecule has 134 valence electrons. The predicted molar refractivity (Wildman–Crippen MR) is 91.1 cm³/mol. The van der Waals surface area contributed by atoms with Crippen LogP contribution in [0.1, 0.15) is 12.0 Å². The molecule has 1 fully saturated rings. The summed E-state index contributed by atoms with van der Waals surface area (Å²) in [6, 6.07) is 5.32. The second-order valence-corrected chi connectivity index (χ2v) is 8.22. The second kappa shape index (κ2) is 7.85. The summed E-state index contributed by atoms with van der Waals surface area (Å²) < 4.78 is 33.5. The first-order valence-corrected chi connectivity index (χ1v) is 9.55. The third-order valence-electron chi connectivity index (χ3n) is 3.94. The lowest BCUT2D eigenvalue weighted by molar-refractivity contribution is -0.122. The molecule has 1 atom stereocenters. The molecule has 0 bridgehead atoms. The van der Waals surface area contributed by atoms with Crippen LogP contribution in [0.4, 0.5) is 0 Å². The molecule has 1 aliphatic heterocycles. The topological polar surface area (TPSA) is 84.9 Å². The Morgan fingerprint density at radius 1 is 1.33 bits per heavy atom. The molecule has 1 aliphatic rings. The summed E-state index contributed by atoms with van der Waals surface area (Å²) in [7, 11) is 1.99. The Hall–Kier alpha value is -1.80. The van der Waals surface area contributed by atoms with Crippen molar-refractivity contribution in [3.05, 3.63) is 23.8 Å². The minimum absolute atomic E-state index is 0.0339. The number of benzene rings is 1. The zero-order valence-electron chi connectivity index (χ0n) is 14.2. The van der Waals surface area contributed by atoms with Crippen molar-refractivity contribution in [2.45, 2.75) is 19.0 Å². The SMILES string of the molecule is COc1cccc(CN(C)CC(=O)NC2CCS(=O)(=O)C2)c1OC. The Bertz CT molecular complexity index is 690. The van der Waals surface area contributed by atoms with Crippen LogP contribution in [-0.4, -0.2) is 64.6 Å². The molecule has 1 N–H and O–H groups in total. The van der Waals surface area contributed by atoms with E-state index in [1.54, 1.807) is 14.2 Å². The summed E-state index contributed by atoms with van der Waals surface area (Å²) in [5.74, 6) is 1.29. The van der Waals surface area contributed by atoms with Gasteiger partial charge in [0, 0.05) is 18.2 Å². The molecule has 0 radical (unpaired) electrons. The number of nitrogens with zero attached hydrogens (tertiary/aromatic N) is 1. The maximum Gasteiger partial charge on any atom is 0.234 e. The highest BCUT2D eigenvalue weighted by Crippen LogP contribution is 2.31. The average molecular weight is 356 g/mol. The van der Waals surface area contributed by atoms with Crippen molar-refractivity contribution in [1.29, 1.82) is 0 Å². The van der Waals surface area contributed by atoms with E-state index in [4.69, 9.17) is 9.47 Å². The van der Waals surface area contributed by atoms with Crippen LogP contribution in [0.25, 0.3) is 0 Å². The maximum absolute atomic E-state index is 12.1. The summed E-state index contributed by atoms with van der Waals surface area (Å²) in [6.07, 6.45) is 0.488. The molecule has 2 rings (SSSR count). The molecule has 24 heavy (non-hydrogen) atoms. The van der Waals surface area contributed by atoms with Crippen LogP contribution in [0, 0.1) is 0 Å². The third-order valence-corrected chi connectivity index (χ3v) is 5.70. The lowest BCUT2D eigenvalue weighted by Gasteiger charge is -2.20. The van der Waals surface area contributed by atoms with Crippen molar-refractivity contribution >= 4 is 15.7 Å². The van der Waals surface area contributed by atoms with Crippen LogP contribution in [0.15, 0.2) is 18.2 Å². The fourth-order valence-corrected chi connectivity index (χ4v) is 4.53. The van der Waals surface area contributed by atoms with Gasteiger partial charge in [-0.3, -0.25) is 9.69 Å². The first-order valence-electron chi connectivity index (χ1n) is 7.73. The Morgan fingerprint density at radius 3 is 2.67 bits per heavy atom. The first-order chi connectivity index (χ1) is 11.3. The average Bonchev–Trinajstić information content (AvgIpc) is 2.85. The largest absolute Gasteiger partial charge is 0.493 e. The quantitative estimate of drug-likeness (QED) is 0.763. The van der Waals surface area contributed by atoms with Gasteiger partial charge in [0.1, 0.15) is 0 Å². The van der Waals surface area contributed by atoms with E-state index in [0.29, 0.717) is 24.5 Å². The van der Waals surface area contributed by atoms with Crippen molar-refractivity contribution < 1.29 is 22.7 Å². The molecule has 0 aliphatic carbocycles. The number of hydrogen-bond acceptors (Lipinski definition) is 6. The van der Waals surface area contributed by atoms with Crippen molar-refractivity contribution in [3.63, 3.8) is 0 Å². The Morgan fingerprint density at radius 2 is 2.08 bits per heavy atom. The molecule has 8 heteroatoms. The van der Waals surface area contributed by atoms with E-state index in [1.807, 2.05) is 30.1 Å². The molecular weight excluding hydrogens is 332 g/mol. The maximum atomic E-state index is 12.1. The molecular formula is C16H24N2O5S. The van der Waals surface area contributed by atoms with Gasteiger partial charge in [-0.25, -0.2) is 8.42 Å². The smallest absolute Gasteiger partial charge is 0.234 e. The highest BCUT2D eigenvalue weighted by Gasteiger charge is 2.29. The monoisotopic (exact) mass is 356 g/mol. The number of hydrogen-bond donors (Lipinski definition) is 1. The highest BCUT2D eigenvalue weighted by molar-refractivity contribution is 7.91. The number of amides is 1. The van der Waals surface area contributed by atoms with Crippen LogP contribution in [0.2, 0.25) is 0 Å². The number of likely N-dealkylation sites (N-methyl/N-ethyl adjacent to an activating group) is 1. The number of carbonyl (C=O) groups is 1. The summed E-state index contributed by atoms with van der Waals surface area (Å²) in [5.41, 5.74) is 0.913. The van der Waals surface area contributed by atoms with Gasteiger partial charge >= 0.3 is 0 Å². The fraction of sp³-hybridized carbons (Fsp3) is 0.562. The standard InChI is InChI=1S/C16H24N2O5S/c1-18(9-12-5-4-6-14(22-2)16(12)23-3)10-15(19)17-13-7-8-24(20,21)11-13/h4-6,13H,7-11H2,1-3H3,(H,17,19). The molecule has 1 aromatic carbocycles. The lowest BCUT2D eigenvalue weighted by Crippen LogP contribution is -2.41. The number of sulfone groups is 1. The second-order valence-electron chi connectivity index (χ2n) is 5.99. The first kappa shape index (κ1) is 18.5. The molecule has 7 nitrogen and oxygen atoms in total. The zero-order chi connectivity index (χ0) is 17.7. The van der Waals surface area contributed by atoms with Gasteiger partial charge in [-0.15, -0.1) is 0 Å². The van der Waals surface area contributed by atoms with Gasteiger partial charge in [0.15, 0.2) is 21.3 Å². The Balaban J connectivity index is 1.91. The van der Waals surface area contributed by atoms with Crippen molar-refractivity contribution in [2.75, 3.05) is 39.3 Å². The summed E-state index contributed by atoms with van der Waals surface area (Å²) >= 11 is 0. The number of nitrogens with one attached hydrogen (secondary N) is 1. The van der Waals surface area contributed by atoms with Gasteiger partial charge in [-0.1, -0.05) is 12.1 Å². The van der Waals surface area contributed by atoms with Gasteiger partial charge in [0.2, 0.25) is 5.91 Å². The zero-order valence-corrected chi connectivity index (χ0v) is 15.1. The van der Waals surface area contributed by atoms with Gasteiger partial charge in [0.25, 0.3) is 0 Å². The minimum Gasteiger partial charge on any atom is -0.493 e. The van der Waals surface area contributed by atoms with Crippen LogP contribution < -0.4 is 14.8 Å². The van der Waals surface area contributed by atoms with Crippen LogP contribution in [0.5, 0.6) is 11.5 Å². The molecule has 1 unspecified atom stereocenters. The molecule has 0 aromatic heterocycles. The molecule has 1 saturated heterocycles. The molecule has 1 heterocycles. The van der Waals surface area contributed by atoms with Gasteiger partial charge in [-0.2, -0.15) is 0 Å². The van der Waals surface area contributed by atoms with E-state index in [0.717, 1.165) is 5.56 Å². The normalized spacial score (nSPS) is 19.2. The van der Waals surface area contributed by atoms with Crippen molar-refractivity contribution in [1.82, 2.24) is 10.2 Å². The van der Waals surface area contributed by atoms with Crippen LogP contribution in [-0.2, 0) is 21.2 Å². The van der Waals surface area contributed by atoms with Gasteiger partial charge in [0.05, 0.1) is 32.3 Å². The van der Waals surface area contributed by atoms with E-state index in [-0.39, 0.29) is 30.0 Å². The van der Waals surface area contributed by atoms with Gasteiger partial charge in [-0.05, 0) is 19.5 Å². The van der Waals surface area contributed by atoms with Gasteiger partial charge < -0.3 is 14.8 Å². The summed E-state index contributed by atoms with van der Waals surface area (Å²) in [6.45, 7) is 0.688. The Kier molecular flexibility index (Phi) is 6.06. The number of rotatable bonds is 7. The van der Waals surface area contributed by atoms with Crippen LogP contribution in [0.3, 0.4) is 0 Å². The molecule has 1 aromatic rings. The van der Waals surface area contributed by atoms with Crippen molar-refractivity contribution in [2.24, 2.45) is 0 Å². The van der Waals surface area contributed by atoms with Crippen molar-refractivity contribution in [3.8, 4) is 11.5 Å². The van der Waals surface area contributed by atoms with E-state index in [1.165, 1.54) is 0 Å². The number of ether oxygens (including phenoxy) is 2. The van der Waals surface area contributed by atoms with E-state index in [9.17, 15) is 13.2 Å². The minimum atomic E-state index is -2.99. The van der Waals surface area contributed by atoms with Crippen LogP contribution >= 0.6 is 0 Å². The molecule has 1 amide bonds. The number of carbonyl (C=O) groups excluding carboxylic acids is 1. The molecule has 0 spiro atoms. The van der Waals surface area contributed by atoms with E-state index in [2.05, 4.69) is 5.32 Å². The van der Waals surface area contributed by atoms with E-state index < -0.39 is 9.84 Å². The summed E-state index contributed by atoms with van der Waals surface area (Å²) in [4.78, 5) is 13.9. The fourth-order valence-electron chi connectivity index (χ4n) is 2.85. The number of methoxy groups -OCH3 is 2. The molecule has 0 saturated carbocycles. The predicted octanol–water partition coefficient (Wildman–Crippen LogP) is 0.439. The summed E-state index contributed by atoms with van der Waals surface area (Å²) in [5, 5.41) is 2.79.